The highest BCUT2D eigenvalue weighted by Crippen LogP contribution is 2.16. The molecule has 0 radical (unpaired) electrons. The van der Waals surface area contributed by atoms with Crippen LogP contribution in [0.4, 0.5) is 4.39 Å². The molecule has 0 aliphatic rings. The van der Waals surface area contributed by atoms with E-state index < -0.39 is 14.9 Å². The van der Waals surface area contributed by atoms with Gasteiger partial charge in [0.05, 0.1) is 5.75 Å². The molecule has 0 N–H and O–H groups in total. The van der Waals surface area contributed by atoms with Crippen molar-refractivity contribution in [3.63, 3.8) is 0 Å². The van der Waals surface area contributed by atoms with E-state index >= 15 is 0 Å². The molecule has 0 heterocycles. The highest BCUT2D eigenvalue weighted by Gasteiger charge is 2.10. The Bertz CT molecular complexity index is 414. The van der Waals surface area contributed by atoms with Crippen molar-refractivity contribution in [2.45, 2.75) is 12.7 Å². The van der Waals surface area contributed by atoms with Crippen molar-refractivity contribution in [2.24, 2.45) is 0 Å². The summed E-state index contributed by atoms with van der Waals surface area (Å²) in [6.07, 6.45) is 0. The number of hydrogen-bond donors (Lipinski definition) is 0. The van der Waals surface area contributed by atoms with Crippen molar-refractivity contribution >= 4 is 19.7 Å². The summed E-state index contributed by atoms with van der Waals surface area (Å²) < 4.78 is 34.3. The van der Waals surface area contributed by atoms with Gasteiger partial charge in [-0.3, -0.25) is 0 Å². The third-order valence-corrected chi connectivity index (χ3v) is 2.69. The molecule has 0 saturated carbocycles. The van der Waals surface area contributed by atoms with Crippen LogP contribution in [0.2, 0.25) is 0 Å². The number of rotatable bonds is 2. The van der Waals surface area contributed by atoms with Crippen molar-refractivity contribution in [3.8, 4) is 0 Å². The first-order valence-electron chi connectivity index (χ1n) is 3.56. The van der Waals surface area contributed by atoms with Gasteiger partial charge in [0.25, 0.3) is 0 Å². The van der Waals surface area contributed by atoms with Crippen molar-refractivity contribution < 1.29 is 12.8 Å². The second-order valence-electron chi connectivity index (χ2n) is 2.71. The van der Waals surface area contributed by atoms with Crippen molar-refractivity contribution in [2.75, 3.05) is 0 Å². The molecule has 1 rings (SSSR count). The van der Waals surface area contributed by atoms with E-state index in [1.807, 2.05) is 0 Å². The molecular formula is C8H8ClFO2S. The molecule has 0 aromatic heterocycles. The molecule has 0 atom stereocenters. The predicted molar refractivity (Wildman–Crippen MR) is 49.6 cm³/mol. The van der Waals surface area contributed by atoms with E-state index in [9.17, 15) is 12.8 Å². The standard InChI is InChI=1S/C8H8ClFO2S/c1-6-7(5-13(9,11)12)3-2-4-8(6)10/h2-4H,5H2,1H3. The van der Waals surface area contributed by atoms with Crippen LogP contribution in [0.1, 0.15) is 11.1 Å². The van der Waals surface area contributed by atoms with Gasteiger partial charge in [-0.05, 0) is 24.1 Å². The molecule has 0 amide bonds. The molecule has 2 nitrogen and oxygen atoms in total. The molecule has 5 heteroatoms. The second-order valence-corrected chi connectivity index (χ2v) is 5.48. The Morgan fingerprint density at radius 1 is 1.46 bits per heavy atom. The van der Waals surface area contributed by atoms with E-state index in [4.69, 9.17) is 10.7 Å². The fourth-order valence-electron chi connectivity index (χ4n) is 0.994. The number of halogens is 2. The summed E-state index contributed by atoms with van der Waals surface area (Å²) in [7, 11) is 1.43. The fourth-order valence-corrected chi connectivity index (χ4v) is 2.03. The lowest BCUT2D eigenvalue weighted by Crippen LogP contribution is -1.99. The minimum atomic E-state index is -3.61. The molecule has 0 aliphatic carbocycles. The zero-order valence-corrected chi connectivity index (χ0v) is 8.49. The Kier molecular flexibility index (Phi) is 2.93. The average Bonchev–Trinajstić information content (AvgIpc) is 1.96. The minimum absolute atomic E-state index is 0.326. The summed E-state index contributed by atoms with van der Waals surface area (Å²) in [5.41, 5.74) is 0.724. The van der Waals surface area contributed by atoms with Crippen LogP contribution in [0, 0.1) is 12.7 Å². The van der Waals surface area contributed by atoms with Crippen molar-refractivity contribution in [1.82, 2.24) is 0 Å². The van der Waals surface area contributed by atoms with Gasteiger partial charge < -0.3 is 0 Å². The van der Waals surface area contributed by atoms with E-state index in [0.717, 1.165) is 0 Å². The van der Waals surface area contributed by atoms with Crippen molar-refractivity contribution in [1.29, 1.82) is 0 Å². The van der Waals surface area contributed by atoms with Gasteiger partial charge in [0.1, 0.15) is 5.82 Å². The Balaban J connectivity index is 3.10. The molecule has 0 spiro atoms. The molecule has 13 heavy (non-hydrogen) atoms. The summed E-state index contributed by atoms with van der Waals surface area (Å²) in [4.78, 5) is 0. The van der Waals surface area contributed by atoms with Crippen LogP contribution in [-0.2, 0) is 14.8 Å². The molecule has 0 saturated heterocycles. The van der Waals surface area contributed by atoms with Crippen LogP contribution in [0.15, 0.2) is 18.2 Å². The van der Waals surface area contributed by atoms with Gasteiger partial charge in [-0.1, -0.05) is 12.1 Å². The number of hydrogen-bond acceptors (Lipinski definition) is 2. The Morgan fingerprint density at radius 3 is 2.62 bits per heavy atom. The second kappa shape index (κ2) is 3.64. The molecule has 0 fully saturated rings. The molecule has 0 aliphatic heterocycles. The van der Waals surface area contributed by atoms with Gasteiger partial charge >= 0.3 is 0 Å². The van der Waals surface area contributed by atoms with Gasteiger partial charge in [0.15, 0.2) is 0 Å². The predicted octanol–water partition coefficient (Wildman–Crippen LogP) is 2.20. The van der Waals surface area contributed by atoms with Gasteiger partial charge in [0, 0.05) is 10.7 Å². The summed E-state index contributed by atoms with van der Waals surface area (Å²) in [5.74, 6) is -0.754. The van der Waals surface area contributed by atoms with Crippen LogP contribution < -0.4 is 0 Å². The summed E-state index contributed by atoms with van der Waals surface area (Å²) in [5, 5.41) is 0. The smallest absolute Gasteiger partial charge is 0.212 e. The molecule has 0 unspecified atom stereocenters. The van der Waals surface area contributed by atoms with Gasteiger partial charge in [-0.2, -0.15) is 0 Å². The van der Waals surface area contributed by atoms with Gasteiger partial charge in [0.2, 0.25) is 9.05 Å². The number of benzene rings is 1. The van der Waals surface area contributed by atoms with Crippen LogP contribution in [0.25, 0.3) is 0 Å². The molecular weight excluding hydrogens is 215 g/mol. The zero-order valence-electron chi connectivity index (χ0n) is 6.92. The first kappa shape index (κ1) is 10.5. The average molecular weight is 223 g/mol. The van der Waals surface area contributed by atoms with Crippen LogP contribution in [0.5, 0.6) is 0 Å². The van der Waals surface area contributed by atoms with Crippen LogP contribution in [0.3, 0.4) is 0 Å². The van der Waals surface area contributed by atoms with E-state index in [-0.39, 0.29) is 5.75 Å². The maximum Gasteiger partial charge on any atom is 0.236 e. The molecule has 72 valence electrons. The van der Waals surface area contributed by atoms with Crippen LogP contribution in [-0.4, -0.2) is 8.42 Å². The highest BCUT2D eigenvalue weighted by molar-refractivity contribution is 8.13. The Morgan fingerprint density at radius 2 is 2.08 bits per heavy atom. The topological polar surface area (TPSA) is 34.1 Å². The van der Waals surface area contributed by atoms with E-state index in [1.165, 1.54) is 19.1 Å². The maximum absolute atomic E-state index is 12.9. The zero-order chi connectivity index (χ0) is 10.1. The first-order valence-corrected chi connectivity index (χ1v) is 6.04. The summed E-state index contributed by atoms with van der Waals surface area (Å²) in [6, 6.07) is 4.28. The van der Waals surface area contributed by atoms with E-state index in [1.54, 1.807) is 6.07 Å². The third-order valence-electron chi connectivity index (χ3n) is 1.71. The lowest BCUT2D eigenvalue weighted by molar-refractivity contribution is 0.606. The van der Waals surface area contributed by atoms with Crippen molar-refractivity contribution in [3.05, 3.63) is 35.1 Å². The fraction of sp³-hybridized carbons (Fsp3) is 0.250. The largest absolute Gasteiger partial charge is 0.236 e. The quantitative estimate of drug-likeness (QED) is 0.719. The van der Waals surface area contributed by atoms with Gasteiger partial charge in [-0.15, -0.1) is 0 Å². The first-order chi connectivity index (χ1) is 5.90. The SMILES string of the molecule is Cc1c(F)cccc1CS(=O)(=O)Cl. The Hall–Kier alpha value is -0.610. The summed E-state index contributed by atoms with van der Waals surface area (Å²) >= 11 is 0. The van der Waals surface area contributed by atoms with E-state index in [2.05, 4.69) is 0 Å². The maximum atomic E-state index is 12.9. The summed E-state index contributed by atoms with van der Waals surface area (Å²) in [6.45, 7) is 1.52. The Labute approximate surface area is 80.8 Å². The lowest BCUT2D eigenvalue weighted by atomic mass is 10.1. The van der Waals surface area contributed by atoms with E-state index in [0.29, 0.717) is 11.1 Å². The minimum Gasteiger partial charge on any atom is -0.212 e. The molecule has 0 bridgehead atoms. The lowest BCUT2D eigenvalue weighted by Gasteiger charge is -2.03. The van der Waals surface area contributed by atoms with Crippen LogP contribution >= 0.6 is 10.7 Å². The van der Waals surface area contributed by atoms with Gasteiger partial charge in [-0.25, -0.2) is 12.8 Å². The monoisotopic (exact) mass is 222 g/mol. The molecule has 1 aromatic rings. The highest BCUT2D eigenvalue weighted by atomic mass is 35.7. The molecule has 1 aromatic carbocycles. The normalized spacial score (nSPS) is 11.6. The third kappa shape index (κ3) is 2.97.